The Morgan fingerprint density at radius 1 is 1.20 bits per heavy atom. The molecule has 1 aromatic carbocycles. The van der Waals surface area contributed by atoms with E-state index < -0.39 is 0 Å². The molecule has 1 aromatic rings. The minimum Gasteiger partial charge on any atom is -0.312 e. The normalized spacial score (nSPS) is 19.5. The minimum atomic E-state index is -0.362. The van der Waals surface area contributed by atoms with Gasteiger partial charge < -0.3 is 5.32 Å². The molecular formula is C17H25F2N. The van der Waals surface area contributed by atoms with Gasteiger partial charge in [0.1, 0.15) is 11.6 Å². The number of rotatable bonds is 5. The molecule has 1 nitrogen and oxygen atoms in total. The molecule has 0 saturated heterocycles. The first kappa shape index (κ1) is 15.4. The lowest BCUT2D eigenvalue weighted by molar-refractivity contribution is 0.158. The molecular weight excluding hydrogens is 256 g/mol. The topological polar surface area (TPSA) is 12.0 Å². The Kier molecular flexibility index (Phi) is 4.79. The summed E-state index contributed by atoms with van der Waals surface area (Å²) in [6.07, 6.45) is 5.59. The highest BCUT2D eigenvalue weighted by Crippen LogP contribution is 2.51. The van der Waals surface area contributed by atoms with Crippen LogP contribution in [-0.2, 0) is 0 Å². The van der Waals surface area contributed by atoms with Crippen molar-refractivity contribution in [2.24, 2.45) is 11.3 Å². The molecule has 1 aliphatic rings. The van der Waals surface area contributed by atoms with Crippen LogP contribution in [0.2, 0.25) is 0 Å². The molecule has 3 heteroatoms. The summed E-state index contributed by atoms with van der Waals surface area (Å²) in [4.78, 5) is 0. The summed E-state index contributed by atoms with van der Waals surface area (Å²) < 4.78 is 27.7. The third kappa shape index (κ3) is 3.03. The van der Waals surface area contributed by atoms with Gasteiger partial charge in [-0.15, -0.1) is 0 Å². The van der Waals surface area contributed by atoms with Crippen LogP contribution in [0.5, 0.6) is 0 Å². The third-order valence-electron chi connectivity index (χ3n) is 4.58. The molecule has 112 valence electrons. The smallest absolute Gasteiger partial charge is 0.128 e. The van der Waals surface area contributed by atoms with Gasteiger partial charge in [0.15, 0.2) is 0 Å². The van der Waals surface area contributed by atoms with E-state index in [0.717, 1.165) is 19.3 Å². The van der Waals surface area contributed by atoms with Crippen molar-refractivity contribution >= 4 is 0 Å². The second kappa shape index (κ2) is 6.21. The van der Waals surface area contributed by atoms with Crippen LogP contribution in [0, 0.1) is 23.0 Å². The highest BCUT2D eigenvalue weighted by atomic mass is 19.1. The summed E-state index contributed by atoms with van der Waals surface area (Å²) in [7, 11) is 1.86. The standard InChI is InChI=1S/C17H25F2N/c1-12(2)11-17(8-4-5-9-17)16(20-3)14-10-13(18)6-7-15(14)19/h6-7,10,12,16,20H,4-5,8-9,11H2,1-3H3. The minimum absolute atomic E-state index is 0.0531. The van der Waals surface area contributed by atoms with Gasteiger partial charge in [0.05, 0.1) is 0 Å². The van der Waals surface area contributed by atoms with Crippen molar-refractivity contribution in [3.63, 3.8) is 0 Å². The fraction of sp³-hybridized carbons (Fsp3) is 0.647. The molecule has 1 unspecified atom stereocenters. The molecule has 0 spiro atoms. The second-order valence-corrected chi connectivity index (χ2v) is 6.55. The quantitative estimate of drug-likeness (QED) is 0.815. The summed E-state index contributed by atoms with van der Waals surface area (Å²) in [6, 6.07) is 3.68. The Labute approximate surface area is 120 Å². The van der Waals surface area contributed by atoms with E-state index in [0.29, 0.717) is 11.5 Å². The van der Waals surface area contributed by atoms with Gasteiger partial charge in [-0.1, -0.05) is 26.7 Å². The third-order valence-corrected chi connectivity index (χ3v) is 4.58. The van der Waals surface area contributed by atoms with E-state index in [2.05, 4.69) is 19.2 Å². The fourth-order valence-electron chi connectivity index (χ4n) is 4.03. The van der Waals surface area contributed by atoms with Crippen molar-refractivity contribution in [1.29, 1.82) is 0 Å². The molecule has 20 heavy (non-hydrogen) atoms. The second-order valence-electron chi connectivity index (χ2n) is 6.55. The average Bonchev–Trinajstić information content (AvgIpc) is 2.83. The van der Waals surface area contributed by atoms with Crippen molar-refractivity contribution in [1.82, 2.24) is 5.32 Å². The van der Waals surface area contributed by atoms with Gasteiger partial charge in [-0.05, 0) is 55.8 Å². The van der Waals surface area contributed by atoms with Crippen LogP contribution >= 0.6 is 0 Å². The van der Waals surface area contributed by atoms with Crippen LogP contribution in [0.1, 0.15) is 57.6 Å². The highest BCUT2D eigenvalue weighted by Gasteiger charge is 2.42. The van der Waals surface area contributed by atoms with Gasteiger partial charge in [0, 0.05) is 11.6 Å². The van der Waals surface area contributed by atoms with Crippen LogP contribution in [0.4, 0.5) is 8.78 Å². The van der Waals surface area contributed by atoms with Crippen LogP contribution in [-0.4, -0.2) is 7.05 Å². The number of hydrogen-bond acceptors (Lipinski definition) is 1. The summed E-state index contributed by atoms with van der Waals surface area (Å²) in [6.45, 7) is 4.41. The predicted molar refractivity (Wildman–Crippen MR) is 78.5 cm³/mol. The lowest BCUT2D eigenvalue weighted by Gasteiger charge is -2.39. The zero-order valence-electron chi connectivity index (χ0n) is 12.7. The van der Waals surface area contributed by atoms with E-state index in [1.807, 2.05) is 7.05 Å². The Hall–Kier alpha value is -0.960. The number of halogens is 2. The van der Waals surface area contributed by atoms with Gasteiger partial charge >= 0.3 is 0 Å². The van der Waals surface area contributed by atoms with Gasteiger partial charge in [0.25, 0.3) is 0 Å². The van der Waals surface area contributed by atoms with Gasteiger partial charge in [0.2, 0.25) is 0 Å². The van der Waals surface area contributed by atoms with Gasteiger partial charge in [-0.3, -0.25) is 0 Å². The van der Waals surface area contributed by atoms with E-state index in [1.54, 1.807) is 0 Å². The van der Waals surface area contributed by atoms with Crippen molar-refractivity contribution in [2.75, 3.05) is 7.05 Å². The number of nitrogens with one attached hydrogen (secondary N) is 1. The molecule has 1 aliphatic carbocycles. The maximum Gasteiger partial charge on any atom is 0.128 e. The van der Waals surface area contributed by atoms with E-state index in [4.69, 9.17) is 0 Å². The summed E-state index contributed by atoms with van der Waals surface area (Å²) in [5.41, 5.74) is 0.535. The van der Waals surface area contributed by atoms with E-state index >= 15 is 0 Å². The zero-order chi connectivity index (χ0) is 14.8. The lowest BCUT2D eigenvalue weighted by Crippen LogP contribution is -2.36. The average molecular weight is 281 g/mol. The highest BCUT2D eigenvalue weighted by molar-refractivity contribution is 5.25. The van der Waals surface area contributed by atoms with Crippen LogP contribution in [0.25, 0.3) is 0 Å². The first-order valence-corrected chi connectivity index (χ1v) is 7.61. The number of hydrogen-bond donors (Lipinski definition) is 1. The molecule has 2 rings (SSSR count). The van der Waals surface area contributed by atoms with Crippen LogP contribution in [0.3, 0.4) is 0 Å². The van der Waals surface area contributed by atoms with Crippen molar-refractivity contribution in [3.05, 3.63) is 35.4 Å². The zero-order valence-corrected chi connectivity index (χ0v) is 12.7. The first-order valence-electron chi connectivity index (χ1n) is 7.61. The Morgan fingerprint density at radius 3 is 2.40 bits per heavy atom. The Morgan fingerprint density at radius 2 is 1.85 bits per heavy atom. The van der Waals surface area contributed by atoms with Crippen molar-refractivity contribution in [3.8, 4) is 0 Å². The van der Waals surface area contributed by atoms with E-state index in [-0.39, 0.29) is 23.1 Å². The lowest BCUT2D eigenvalue weighted by atomic mass is 9.70. The molecule has 1 saturated carbocycles. The van der Waals surface area contributed by atoms with Crippen LogP contribution < -0.4 is 5.32 Å². The largest absolute Gasteiger partial charge is 0.312 e. The molecule has 0 bridgehead atoms. The molecule has 0 heterocycles. The van der Waals surface area contributed by atoms with Crippen molar-refractivity contribution < 1.29 is 8.78 Å². The first-order chi connectivity index (χ1) is 9.48. The molecule has 0 radical (unpaired) electrons. The Bertz CT molecular complexity index is 450. The van der Waals surface area contributed by atoms with E-state index in [9.17, 15) is 8.78 Å². The SMILES string of the molecule is CNC(c1cc(F)ccc1F)C1(CC(C)C)CCCC1. The maximum atomic E-state index is 14.2. The number of benzene rings is 1. The molecule has 1 atom stereocenters. The molecule has 1 N–H and O–H groups in total. The molecule has 0 aromatic heterocycles. The molecule has 0 aliphatic heterocycles. The molecule has 0 amide bonds. The summed E-state index contributed by atoms with van der Waals surface area (Å²) in [5, 5.41) is 3.27. The van der Waals surface area contributed by atoms with Gasteiger partial charge in [-0.2, -0.15) is 0 Å². The monoisotopic (exact) mass is 281 g/mol. The predicted octanol–water partition coefficient (Wildman–Crippen LogP) is 4.83. The Balaban J connectivity index is 2.40. The van der Waals surface area contributed by atoms with Gasteiger partial charge in [-0.25, -0.2) is 8.78 Å². The summed E-state index contributed by atoms with van der Waals surface area (Å²) in [5.74, 6) is -0.110. The summed E-state index contributed by atoms with van der Waals surface area (Å²) >= 11 is 0. The van der Waals surface area contributed by atoms with E-state index in [1.165, 1.54) is 31.0 Å². The molecule has 1 fully saturated rings. The maximum absolute atomic E-state index is 14.2. The van der Waals surface area contributed by atoms with Crippen LogP contribution in [0.15, 0.2) is 18.2 Å². The van der Waals surface area contributed by atoms with Crippen molar-refractivity contribution in [2.45, 2.75) is 52.0 Å². The fourth-order valence-corrected chi connectivity index (χ4v) is 4.03.